The average Bonchev–Trinajstić information content (AvgIpc) is 1.93. The van der Waals surface area contributed by atoms with Crippen molar-refractivity contribution in [2.75, 3.05) is 39.5 Å². The second kappa shape index (κ2) is 6.31. The Hall–Kier alpha value is -0.170. The van der Waals surface area contributed by atoms with Gasteiger partial charge in [-0.15, -0.1) is 0 Å². The molecular weight excluding hydrogens is 192 g/mol. The fraction of sp³-hybridized carbons (Fsp3) is 1.00. The number of hydrogen-bond donors (Lipinski definition) is 2. The maximum Gasteiger partial charge on any atom is 0.266 e. The smallest absolute Gasteiger partial charge is 0.266 e. The van der Waals surface area contributed by atoms with Crippen LogP contribution in [-0.4, -0.2) is 57.4 Å². The third kappa shape index (κ3) is 11.8. The lowest BCUT2D eigenvalue weighted by Gasteiger charge is -2.09. The lowest BCUT2D eigenvalue weighted by atomic mass is 10.4. The second-order valence-electron chi connectivity index (χ2n) is 3.19. The van der Waals surface area contributed by atoms with E-state index in [1.807, 2.05) is 14.1 Å². The van der Waals surface area contributed by atoms with Crippen LogP contribution in [-0.2, 0) is 10.1 Å². The topological polar surface area (TPSA) is 69.6 Å². The van der Waals surface area contributed by atoms with Gasteiger partial charge in [-0.25, -0.2) is 0 Å². The molecule has 0 aliphatic rings. The van der Waals surface area contributed by atoms with Crippen molar-refractivity contribution in [2.24, 2.45) is 0 Å². The molecule has 0 aliphatic heterocycles. The van der Waals surface area contributed by atoms with E-state index in [2.05, 4.69) is 10.2 Å². The summed E-state index contributed by atoms with van der Waals surface area (Å²) in [6.07, 6.45) is 0.971. The molecule has 0 radical (unpaired) electrons. The van der Waals surface area contributed by atoms with Crippen molar-refractivity contribution < 1.29 is 13.0 Å². The van der Waals surface area contributed by atoms with E-state index in [9.17, 15) is 8.42 Å². The van der Waals surface area contributed by atoms with Gasteiger partial charge in [-0.2, -0.15) is 8.42 Å². The number of rotatable bonds is 7. The maximum absolute atomic E-state index is 10.3. The summed E-state index contributed by atoms with van der Waals surface area (Å²) in [4.78, 5) is 2.06. The molecule has 0 rings (SSSR count). The van der Waals surface area contributed by atoms with Gasteiger partial charge in [-0.05, 0) is 33.6 Å². The molecule has 0 saturated heterocycles. The third-order valence-corrected chi connectivity index (χ3v) is 2.22. The van der Waals surface area contributed by atoms with Crippen LogP contribution in [0.4, 0.5) is 0 Å². The molecular formula is C7H18N2O3S. The Bertz CT molecular complexity index is 214. The molecule has 0 aromatic carbocycles. The Morgan fingerprint density at radius 3 is 2.38 bits per heavy atom. The minimum absolute atomic E-state index is 0.213. The molecule has 0 aromatic rings. The molecule has 0 aliphatic carbocycles. The summed E-state index contributed by atoms with van der Waals surface area (Å²) in [6, 6.07) is 0. The molecule has 0 unspecified atom stereocenters. The van der Waals surface area contributed by atoms with E-state index in [0.717, 1.165) is 19.5 Å². The van der Waals surface area contributed by atoms with E-state index < -0.39 is 10.1 Å². The Kier molecular flexibility index (Phi) is 6.23. The van der Waals surface area contributed by atoms with E-state index >= 15 is 0 Å². The summed E-state index contributed by atoms with van der Waals surface area (Å²) in [7, 11) is 0.168. The zero-order valence-electron chi connectivity index (χ0n) is 8.15. The molecule has 6 heteroatoms. The average molecular weight is 210 g/mol. The fourth-order valence-electron chi connectivity index (χ4n) is 0.846. The largest absolute Gasteiger partial charge is 0.316 e. The zero-order valence-corrected chi connectivity index (χ0v) is 8.97. The molecule has 2 N–H and O–H groups in total. The van der Waals surface area contributed by atoms with Gasteiger partial charge in [0.1, 0.15) is 0 Å². The van der Waals surface area contributed by atoms with Gasteiger partial charge in [0, 0.05) is 6.54 Å². The summed E-state index contributed by atoms with van der Waals surface area (Å²) >= 11 is 0. The molecule has 0 amide bonds. The lowest BCUT2D eigenvalue weighted by molar-refractivity contribution is 0.395. The van der Waals surface area contributed by atoms with Crippen LogP contribution in [0.25, 0.3) is 0 Å². The van der Waals surface area contributed by atoms with Gasteiger partial charge < -0.3 is 10.2 Å². The lowest BCUT2D eigenvalue weighted by Crippen LogP contribution is -2.26. The first-order valence-electron chi connectivity index (χ1n) is 4.22. The number of nitrogens with zero attached hydrogens (tertiary/aromatic N) is 1. The van der Waals surface area contributed by atoms with Crippen LogP contribution in [0.1, 0.15) is 6.42 Å². The van der Waals surface area contributed by atoms with Gasteiger partial charge in [-0.1, -0.05) is 0 Å². The van der Waals surface area contributed by atoms with Crippen LogP contribution in [0, 0.1) is 0 Å². The molecule has 0 saturated carbocycles. The Labute approximate surface area is 79.9 Å². The second-order valence-corrected chi connectivity index (χ2v) is 4.76. The first-order valence-corrected chi connectivity index (χ1v) is 5.83. The molecule has 0 fully saturated rings. The van der Waals surface area contributed by atoms with E-state index in [-0.39, 0.29) is 5.75 Å². The highest BCUT2D eigenvalue weighted by molar-refractivity contribution is 7.85. The van der Waals surface area contributed by atoms with Gasteiger partial charge in [0.25, 0.3) is 10.1 Å². The van der Waals surface area contributed by atoms with Gasteiger partial charge in [0.2, 0.25) is 0 Å². The number of hydrogen-bond acceptors (Lipinski definition) is 4. The van der Waals surface area contributed by atoms with Crippen LogP contribution in [0.2, 0.25) is 0 Å². The molecule has 0 atom stereocenters. The van der Waals surface area contributed by atoms with Crippen molar-refractivity contribution in [3.63, 3.8) is 0 Å². The van der Waals surface area contributed by atoms with Crippen molar-refractivity contribution in [1.29, 1.82) is 0 Å². The van der Waals surface area contributed by atoms with Crippen molar-refractivity contribution in [3.05, 3.63) is 0 Å². The summed E-state index contributed by atoms with van der Waals surface area (Å²) in [5.41, 5.74) is 0. The summed E-state index contributed by atoms with van der Waals surface area (Å²) < 4.78 is 28.9. The van der Waals surface area contributed by atoms with E-state index in [0.29, 0.717) is 6.54 Å². The van der Waals surface area contributed by atoms with E-state index in [1.54, 1.807) is 0 Å². The van der Waals surface area contributed by atoms with Crippen LogP contribution in [0.15, 0.2) is 0 Å². The first kappa shape index (κ1) is 12.8. The zero-order chi connectivity index (χ0) is 10.3. The summed E-state index contributed by atoms with van der Waals surface area (Å²) in [6.45, 7) is 2.05. The van der Waals surface area contributed by atoms with Crippen molar-refractivity contribution >= 4 is 10.1 Å². The van der Waals surface area contributed by atoms with Crippen molar-refractivity contribution in [1.82, 2.24) is 10.2 Å². The minimum Gasteiger partial charge on any atom is -0.316 e. The van der Waals surface area contributed by atoms with Gasteiger partial charge in [0.05, 0.1) is 5.75 Å². The Morgan fingerprint density at radius 1 is 1.31 bits per heavy atom. The highest BCUT2D eigenvalue weighted by atomic mass is 32.2. The van der Waals surface area contributed by atoms with Crippen LogP contribution < -0.4 is 5.32 Å². The SMILES string of the molecule is CN(C)CCCNCCS(=O)(=O)O. The fourth-order valence-corrected chi connectivity index (χ4v) is 1.25. The van der Waals surface area contributed by atoms with Gasteiger partial charge >= 0.3 is 0 Å². The summed E-state index contributed by atoms with van der Waals surface area (Å²) in [5, 5.41) is 2.93. The van der Waals surface area contributed by atoms with Gasteiger partial charge in [-0.3, -0.25) is 4.55 Å². The van der Waals surface area contributed by atoms with Crippen LogP contribution in [0.5, 0.6) is 0 Å². The van der Waals surface area contributed by atoms with Crippen LogP contribution >= 0.6 is 0 Å². The normalized spacial score (nSPS) is 12.3. The molecule has 5 nitrogen and oxygen atoms in total. The Morgan fingerprint density at radius 2 is 1.92 bits per heavy atom. The monoisotopic (exact) mass is 210 g/mol. The maximum atomic E-state index is 10.3. The molecule has 13 heavy (non-hydrogen) atoms. The van der Waals surface area contributed by atoms with Gasteiger partial charge in [0.15, 0.2) is 0 Å². The first-order chi connectivity index (χ1) is 5.92. The molecule has 0 bridgehead atoms. The van der Waals surface area contributed by atoms with Crippen molar-refractivity contribution in [2.45, 2.75) is 6.42 Å². The predicted molar refractivity (Wildman–Crippen MR) is 52.5 cm³/mol. The molecule has 0 spiro atoms. The molecule has 0 heterocycles. The van der Waals surface area contributed by atoms with E-state index in [1.165, 1.54) is 0 Å². The molecule has 80 valence electrons. The van der Waals surface area contributed by atoms with E-state index in [4.69, 9.17) is 4.55 Å². The highest BCUT2D eigenvalue weighted by Crippen LogP contribution is 1.82. The standard InChI is InChI=1S/C7H18N2O3S/c1-9(2)6-3-4-8-5-7-13(10,11)12/h8H,3-7H2,1-2H3,(H,10,11,12). The van der Waals surface area contributed by atoms with Crippen molar-refractivity contribution in [3.8, 4) is 0 Å². The van der Waals surface area contributed by atoms with Crippen LogP contribution in [0.3, 0.4) is 0 Å². The minimum atomic E-state index is -3.80. The quantitative estimate of drug-likeness (QED) is 0.434. The Balaban J connectivity index is 3.18. The highest BCUT2D eigenvalue weighted by Gasteiger charge is 2.02. The number of nitrogens with one attached hydrogen (secondary N) is 1. The molecule has 0 aromatic heterocycles. The summed E-state index contributed by atoms with van der Waals surface area (Å²) in [5.74, 6) is -0.213. The predicted octanol–water partition coefficient (Wildman–Crippen LogP) is -0.584. The third-order valence-electron chi connectivity index (χ3n) is 1.50.